The van der Waals surface area contributed by atoms with Crippen molar-refractivity contribution in [2.24, 2.45) is 5.92 Å². The number of ether oxygens (including phenoxy) is 2. The van der Waals surface area contributed by atoms with E-state index in [-0.39, 0.29) is 5.92 Å². The molecule has 0 amide bonds. The molecule has 0 bridgehead atoms. The lowest BCUT2D eigenvalue weighted by molar-refractivity contribution is -0.168. The van der Waals surface area contributed by atoms with E-state index < -0.39 is 11.8 Å². The van der Waals surface area contributed by atoms with Crippen LogP contribution in [0.3, 0.4) is 0 Å². The van der Waals surface area contributed by atoms with E-state index in [9.17, 15) is 4.79 Å². The lowest BCUT2D eigenvalue weighted by atomic mass is 9.68. The molecule has 1 heterocycles. The normalized spacial score (nSPS) is 32.7. The van der Waals surface area contributed by atoms with Crippen LogP contribution in [0.1, 0.15) is 25.7 Å². The van der Waals surface area contributed by atoms with Gasteiger partial charge in [0.1, 0.15) is 0 Å². The van der Waals surface area contributed by atoms with Crippen LogP contribution in [0.5, 0.6) is 0 Å². The Morgan fingerprint density at radius 3 is 2.73 bits per heavy atom. The third-order valence-corrected chi connectivity index (χ3v) is 3.69. The fourth-order valence-corrected chi connectivity index (χ4v) is 2.87. The molecule has 2 aliphatic carbocycles. The molecule has 4 heteroatoms. The molecule has 1 N–H and O–H groups in total. The topological polar surface area (TPSA) is 55.8 Å². The summed E-state index contributed by atoms with van der Waals surface area (Å²) in [5, 5.41) is 8.93. The van der Waals surface area contributed by atoms with Crippen molar-refractivity contribution in [3.63, 3.8) is 0 Å². The Kier molecular flexibility index (Phi) is 1.91. The lowest BCUT2D eigenvalue weighted by Crippen LogP contribution is -2.40. The molecule has 1 atom stereocenters. The van der Waals surface area contributed by atoms with Gasteiger partial charge in [-0.05, 0) is 12.8 Å². The molecule has 3 aliphatic rings. The standard InChI is InChI=1S/C11H14O4/c12-10(13)9-5-7-6-11(2-1-8(7)9)14-3-4-15-11/h9H,1-6H2,(H,12,13). The third kappa shape index (κ3) is 1.32. The van der Waals surface area contributed by atoms with E-state index in [0.717, 1.165) is 24.8 Å². The van der Waals surface area contributed by atoms with E-state index in [1.165, 1.54) is 5.57 Å². The summed E-state index contributed by atoms with van der Waals surface area (Å²) < 4.78 is 11.3. The van der Waals surface area contributed by atoms with Gasteiger partial charge in [0.25, 0.3) is 0 Å². The van der Waals surface area contributed by atoms with E-state index in [1.54, 1.807) is 0 Å². The number of carbonyl (C=O) groups is 1. The zero-order valence-electron chi connectivity index (χ0n) is 8.49. The minimum atomic E-state index is -0.682. The molecule has 3 rings (SSSR count). The van der Waals surface area contributed by atoms with Crippen LogP contribution in [0, 0.1) is 5.92 Å². The van der Waals surface area contributed by atoms with Gasteiger partial charge in [-0.2, -0.15) is 0 Å². The average Bonchev–Trinajstić information content (AvgIpc) is 2.59. The summed E-state index contributed by atoms with van der Waals surface area (Å²) in [7, 11) is 0. The van der Waals surface area contributed by atoms with Gasteiger partial charge in [-0.15, -0.1) is 0 Å². The highest BCUT2D eigenvalue weighted by Gasteiger charge is 2.47. The van der Waals surface area contributed by atoms with Crippen molar-refractivity contribution >= 4 is 5.97 Å². The first-order valence-corrected chi connectivity index (χ1v) is 5.42. The molecule has 0 aromatic rings. The van der Waals surface area contributed by atoms with Crippen molar-refractivity contribution in [3.8, 4) is 0 Å². The Balaban J connectivity index is 1.78. The van der Waals surface area contributed by atoms with Crippen LogP contribution in [0.2, 0.25) is 0 Å². The Bertz CT molecular complexity index is 338. The molecule has 1 saturated heterocycles. The summed E-state index contributed by atoms with van der Waals surface area (Å²) in [4.78, 5) is 10.9. The molecule has 0 aromatic heterocycles. The van der Waals surface area contributed by atoms with Crippen molar-refractivity contribution in [2.45, 2.75) is 31.5 Å². The number of rotatable bonds is 1. The van der Waals surface area contributed by atoms with Crippen molar-refractivity contribution in [3.05, 3.63) is 11.1 Å². The molecule has 1 spiro atoms. The maximum atomic E-state index is 10.9. The Hall–Kier alpha value is -0.870. The van der Waals surface area contributed by atoms with E-state index in [4.69, 9.17) is 14.6 Å². The van der Waals surface area contributed by atoms with Gasteiger partial charge in [0.2, 0.25) is 0 Å². The largest absolute Gasteiger partial charge is 0.481 e. The molecular weight excluding hydrogens is 196 g/mol. The third-order valence-electron chi connectivity index (χ3n) is 3.69. The fourth-order valence-electron chi connectivity index (χ4n) is 2.87. The molecule has 0 radical (unpaired) electrons. The monoisotopic (exact) mass is 210 g/mol. The van der Waals surface area contributed by atoms with Gasteiger partial charge in [-0.25, -0.2) is 0 Å². The van der Waals surface area contributed by atoms with E-state index >= 15 is 0 Å². The van der Waals surface area contributed by atoms with Crippen LogP contribution in [-0.2, 0) is 14.3 Å². The number of aliphatic carboxylic acids is 1. The van der Waals surface area contributed by atoms with Gasteiger partial charge in [0, 0.05) is 12.8 Å². The van der Waals surface area contributed by atoms with Gasteiger partial charge in [0.15, 0.2) is 5.79 Å². The minimum absolute atomic E-state index is 0.223. The van der Waals surface area contributed by atoms with Crippen LogP contribution >= 0.6 is 0 Å². The van der Waals surface area contributed by atoms with E-state index in [2.05, 4.69) is 0 Å². The highest BCUT2D eigenvalue weighted by Crippen LogP contribution is 2.49. The average molecular weight is 210 g/mol. The van der Waals surface area contributed by atoms with Gasteiger partial charge in [0.05, 0.1) is 19.1 Å². The summed E-state index contributed by atoms with van der Waals surface area (Å²) in [5.74, 6) is -1.31. The minimum Gasteiger partial charge on any atom is -0.481 e. The Labute approximate surface area is 87.9 Å². The summed E-state index contributed by atoms with van der Waals surface area (Å²) in [6.07, 6.45) is 3.12. The summed E-state index contributed by atoms with van der Waals surface area (Å²) >= 11 is 0. The maximum Gasteiger partial charge on any atom is 0.310 e. The van der Waals surface area contributed by atoms with Crippen LogP contribution in [0.15, 0.2) is 11.1 Å². The van der Waals surface area contributed by atoms with Crippen LogP contribution in [-0.4, -0.2) is 30.1 Å². The number of carboxylic acids is 1. The molecule has 4 nitrogen and oxygen atoms in total. The fraction of sp³-hybridized carbons (Fsp3) is 0.727. The van der Waals surface area contributed by atoms with Crippen molar-refractivity contribution in [2.75, 3.05) is 13.2 Å². The molecule has 15 heavy (non-hydrogen) atoms. The van der Waals surface area contributed by atoms with Crippen molar-refractivity contribution in [1.82, 2.24) is 0 Å². The molecule has 0 saturated carbocycles. The quantitative estimate of drug-likeness (QED) is 0.663. The number of hydrogen-bond acceptors (Lipinski definition) is 3. The summed E-state index contributed by atoms with van der Waals surface area (Å²) in [6.45, 7) is 1.34. The predicted molar refractivity (Wildman–Crippen MR) is 51.3 cm³/mol. The highest BCUT2D eigenvalue weighted by atomic mass is 16.7. The smallest absolute Gasteiger partial charge is 0.310 e. The molecular formula is C11H14O4. The summed E-state index contributed by atoms with van der Waals surface area (Å²) in [6, 6.07) is 0. The first-order chi connectivity index (χ1) is 7.20. The first-order valence-electron chi connectivity index (χ1n) is 5.42. The zero-order chi connectivity index (χ0) is 10.5. The number of carboxylic acid groups (broad SMARTS) is 1. The molecule has 82 valence electrons. The first kappa shape index (κ1) is 9.36. The van der Waals surface area contributed by atoms with Crippen molar-refractivity contribution in [1.29, 1.82) is 0 Å². The van der Waals surface area contributed by atoms with Gasteiger partial charge < -0.3 is 14.6 Å². The molecule has 1 fully saturated rings. The Morgan fingerprint density at radius 2 is 2.13 bits per heavy atom. The molecule has 0 aromatic carbocycles. The van der Waals surface area contributed by atoms with Crippen molar-refractivity contribution < 1.29 is 19.4 Å². The zero-order valence-corrected chi connectivity index (χ0v) is 8.49. The van der Waals surface area contributed by atoms with Crippen LogP contribution in [0.4, 0.5) is 0 Å². The van der Waals surface area contributed by atoms with Gasteiger partial charge >= 0.3 is 5.97 Å². The highest BCUT2D eigenvalue weighted by molar-refractivity contribution is 5.77. The van der Waals surface area contributed by atoms with Crippen LogP contribution < -0.4 is 0 Å². The number of hydrogen-bond donors (Lipinski definition) is 1. The van der Waals surface area contributed by atoms with E-state index in [0.29, 0.717) is 19.6 Å². The van der Waals surface area contributed by atoms with E-state index in [1.807, 2.05) is 0 Å². The molecule has 1 unspecified atom stereocenters. The summed E-state index contributed by atoms with van der Waals surface area (Å²) in [5.41, 5.74) is 2.39. The second kappa shape index (κ2) is 3.06. The van der Waals surface area contributed by atoms with Crippen LogP contribution in [0.25, 0.3) is 0 Å². The second-order valence-electron chi connectivity index (χ2n) is 4.51. The van der Waals surface area contributed by atoms with Gasteiger partial charge in [-0.1, -0.05) is 11.1 Å². The maximum absolute atomic E-state index is 10.9. The SMILES string of the molecule is O=C(O)C1CC2=C1CCC1(C2)OCCO1. The predicted octanol–water partition coefficient (Wildman–Crippen LogP) is 1.31. The second-order valence-corrected chi connectivity index (χ2v) is 4.51. The lowest BCUT2D eigenvalue weighted by Gasteiger charge is -2.41. The van der Waals surface area contributed by atoms with Gasteiger partial charge in [-0.3, -0.25) is 4.79 Å². The molecule has 1 aliphatic heterocycles. The Morgan fingerprint density at radius 1 is 1.40 bits per heavy atom.